The number of likely N-dealkylation sites (tertiary alicyclic amines) is 1. The van der Waals surface area contributed by atoms with E-state index in [9.17, 15) is 5.26 Å². The average Bonchev–Trinajstić information content (AvgIpc) is 3.84. The van der Waals surface area contributed by atoms with Gasteiger partial charge in [0.15, 0.2) is 0 Å². The summed E-state index contributed by atoms with van der Waals surface area (Å²) in [6.45, 7) is 12.5. The molecule has 3 heterocycles. The van der Waals surface area contributed by atoms with Crippen molar-refractivity contribution >= 4 is 22.9 Å². The van der Waals surface area contributed by atoms with Gasteiger partial charge in [0.2, 0.25) is 0 Å². The summed E-state index contributed by atoms with van der Waals surface area (Å²) < 4.78 is 19.0. The van der Waals surface area contributed by atoms with E-state index in [1.807, 2.05) is 24.6 Å². The molecule has 0 saturated carbocycles. The number of nitrogens with one attached hydrogen (secondary N) is 1. The molecule has 0 aliphatic carbocycles. The Morgan fingerprint density at radius 2 is 1.67 bits per heavy atom. The summed E-state index contributed by atoms with van der Waals surface area (Å²) in [5, 5.41) is 13.4. The van der Waals surface area contributed by atoms with Gasteiger partial charge in [0.25, 0.3) is 0 Å². The van der Waals surface area contributed by atoms with Crippen molar-refractivity contribution < 1.29 is 14.2 Å². The van der Waals surface area contributed by atoms with Crippen molar-refractivity contribution in [1.82, 2.24) is 20.2 Å². The van der Waals surface area contributed by atoms with Crippen LogP contribution in [0.1, 0.15) is 63.2 Å². The van der Waals surface area contributed by atoms with Gasteiger partial charge in [-0.15, -0.1) is 11.3 Å². The minimum atomic E-state index is 0.248. The summed E-state index contributed by atoms with van der Waals surface area (Å²) in [5.41, 5.74) is 10.8. The Morgan fingerprint density at radius 1 is 0.885 bits per heavy atom. The first-order chi connectivity index (χ1) is 25.4. The molecule has 1 aliphatic rings. The fourth-order valence-corrected chi connectivity index (χ4v) is 7.59. The molecule has 1 aliphatic heterocycles. The maximum absolute atomic E-state index is 9.34. The van der Waals surface area contributed by atoms with E-state index in [0.29, 0.717) is 41.8 Å². The summed E-state index contributed by atoms with van der Waals surface area (Å²) in [5.74, 6) is 2.12. The largest absolute Gasteiger partial charge is 0.493 e. The molecule has 5 aromatic rings. The molecule has 0 atom stereocenters. The number of nitrogens with zero attached hydrogens (tertiary/aromatic N) is 4. The number of hydrogen-bond acceptors (Lipinski definition) is 9. The Morgan fingerprint density at radius 3 is 2.46 bits per heavy atom. The second-order valence-electron chi connectivity index (χ2n) is 13.2. The third kappa shape index (κ3) is 9.69. The highest BCUT2D eigenvalue weighted by Gasteiger charge is 2.16. The first-order valence-corrected chi connectivity index (χ1v) is 19.2. The molecule has 0 unspecified atom stereocenters. The number of aryl methyl sites for hydroxylation is 1. The standard InChI is InChI=1S/C42H46ClN5O3S/c1-29-34(9-6-10-36(29)37-11-7-12-39(30(37)2)49-18-8-17-48-15-4-5-16-48)27-51-41-21-40(50-26-33-19-32(22-44)23-46-24-33)35(20-38(41)43)25-45-14-13-42-31(3)47-28-52-42/h6-7,9-12,19-21,23-24,28,45H,4-5,8,13-18,25-27H2,1-3H3. The van der Waals surface area contributed by atoms with Crippen molar-refractivity contribution in [2.75, 3.05) is 32.8 Å². The van der Waals surface area contributed by atoms with Gasteiger partial charge in [-0.3, -0.25) is 4.98 Å². The zero-order valence-corrected chi connectivity index (χ0v) is 31.8. The molecule has 3 aromatic carbocycles. The topological polar surface area (TPSA) is 92.5 Å². The van der Waals surface area contributed by atoms with Gasteiger partial charge >= 0.3 is 0 Å². The summed E-state index contributed by atoms with van der Waals surface area (Å²) >= 11 is 8.53. The van der Waals surface area contributed by atoms with E-state index in [0.717, 1.165) is 76.3 Å². The number of halogens is 1. The summed E-state index contributed by atoms with van der Waals surface area (Å²) in [7, 11) is 0. The van der Waals surface area contributed by atoms with Crippen molar-refractivity contribution in [2.24, 2.45) is 0 Å². The first-order valence-electron chi connectivity index (χ1n) is 17.9. The zero-order chi connectivity index (χ0) is 36.3. The normalized spacial score (nSPS) is 12.9. The fourth-order valence-electron chi connectivity index (χ4n) is 6.57. The number of rotatable bonds is 17. The Kier molecular flexibility index (Phi) is 13.2. The van der Waals surface area contributed by atoms with E-state index in [2.05, 4.69) is 76.5 Å². The van der Waals surface area contributed by atoms with Crippen LogP contribution in [0.4, 0.5) is 0 Å². The van der Waals surface area contributed by atoms with E-state index in [1.165, 1.54) is 37.0 Å². The number of ether oxygens (including phenoxy) is 3. The third-order valence-electron chi connectivity index (χ3n) is 9.60. The number of aromatic nitrogens is 2. The number of hydrogen-bond donors (Lipinski definition) is 1. The quantitative estimate of drug-likeness (QED) is 0.0947. The highest BCUT2D eigenvalue weighted by atomic mass is 35.5. The molecule has 0 radical (unpaired) electrons. The molecule has 8 nitrogen and oxygen atoms in total. The number of nitriles is 1. The molecule has 6 rings (SSSR count). The third-order valence-corrected chi connectivity index (χ3v) is 10.9. The number of thiazole rings is 1. The summed E-state index contributed by atoms with van der Waals surface area (Å²) in [6.07, 6.45) is 7.79. The molecule has 10 heteroatoms. The maximum atomic E-state index is 9.34. The molecule has 0 spiro atoms. The number of pyridine rings is 1. The SMILES string of the molecule is Cc1ncsc1CCNCc1cc(Cl)c(OCc2cccc(-c3cccc(OCCCN4CCCC4)c3C)c2C)cc1OCc1cncc(C#N)c1. The lowest BCUT2D eigenvalue weighted by Gasteiger charge is -2.19. The summed E-state index contributed by atoms with van der Waals surface area (Å²) in [6, 6.07) is 20.3. The van der Waals surface area contributed by atoms with Crippen LogP contribution in [0.3, 0.4) is 0 Å². The Hall–Kier alpha value is -4.46. The highest BCUT2D eigenvalue weighted by Crippen LogP contribution is 2.36. The predicted octanol–water partition coefficient (Wildman–Crippen LogP) is 9.01. The van der Waals surface area contributed by atoms with Gasteiger partial charge in [0, 0.05) is 54.1 Å². The van der Waals surface area contributed by atoms with Crippen LogP contribution in [0.2, 0.25) is 5.02 Å². The van der Waals surface area contributed by atoms with Crippen LogP contribution >= 0.6 is 22.9 Å². The summed E-state index contributed by atoms with van der Waals surface area (Å²) in [4.78, 5) is 12.3. The molecule has 0 amide bonds. The van der Waals surface area contributed by atoms with Crippen LogP contribution in [0.15, 0.2) is 72.5 Å². The predicted molar refractivity (Wildman–Crippen MR) is 208 cm³/mol. The Bertz CT molecular complexity index is 2000. The van der Waals surface area contributed by atoms with Gasteiger partial charge in [-0.1, -0.05) is 41.9 Å². The second-order valence-corrected chi connectivity index (χ2v) is 14.6. The van der Waals surface area contributed by atoms with E-state index < -0.39 is 0 Å². The molecule has 1 saturated heterocycles. The van der Waals surface area contributed by atoms with Gasteiger partial charge in [0.05, 0.1) is 28.4 Å². The highest BCUT2D eigenvalue weighted by molar-refractivity contribution is 7.09. The molecule has 2 aromatic heterocycles. The van der Waals surface area contributed by atoms with Crippen molar-refractivity contribution in [1.29, 1.82) is 5.26 Å². The van der Waals surface area contributed by atoms with E-state index in [4.69, 9.17) is 25.8 Å². The van der Waals surface area contributed by atoms with E-state index in [-0.39, 0.29) is 6.61 Å². The van der Waals surface area contributed by atoms with Gasteiger partial charge in [-0.25, -0.2) is 4.98 Å². The zero-order valence-electron chi connectivity index (χ0n) is 30.2. The smallest absolute Gasteiger partial charge is 0.142 e. The van der Waals surface area contributed by atoms with Crippen molar-refractivity contribution in [3.63, 3.8) is 0 Å². The maximum Gasteiger partial charge on any atom is 0.142 e. The molecular formula is C42H46ClN5O3S. The van der Waals surface area contributed by atoms with Gasteiger partial charge in [-0.05, 0) is 106 Å². The number of benzene rings is 3. The molecule has 0 bridgehead atoms. The van der Waals surface area contributed by atoms with Crippen LogP contribution < -0.4 is 19.5 Å². The van der Waals surface area contributed by atoms with Gasteiger partial charge in [-0.2, -0.15) is 5.26 Å². The van der Waals surface area contributed by atoms with Crippen LogP contribution in [-0.4, -0.2) is 47.7 Å². The van der Waals surface area contributed by atoms with Crippen LogP contribution in [0.5, 0.6) is 17.2 Å². The second kappa shape index (κ2) is 18.3. The minimum Gasteiger partial charge on any atom is -0.493 e. The van der Waals surface area contributed by atoms with E-state index >= 15 is 0 Å². The fraction of sp³-hybridized carbons (Fsp3) is 0.357. The van der Waals surface area contributed by atoms with Gasteiger partial charge < -0.3 is 24.4 Å². The molecule has 270 valence electrons. The first kappa shape index (κ1) is 37.3. The minimum absolute atomic E-state index is 0.248. The Balaban J connectivity index is 1.15. The lowest BCUT2D eigenvalue weighted by atomic mass is 9.93. The van der Waals surface area contributed by atoms with Crippen molar-refractivity contribution in [2.45, 2.75) is 66.2 Å². The van der Waals surface area contributed by atoms with Gasteiger partial charge in [0.1, 0.15) is 36.5 Å². The average molecular weight is 736 g/mol. The van der Waals surface area contributed by atoms with Crippen LogP contribution in [0, 0.1) is 32.1 Å². The van der Waals surface area contributed by atoms with Crippen molar-refractivity contribution in [3.8, 4) is 34.4 Å². The molecular weight excluding hydrogens is 690 g/mol. The lowest BCUT2D eigenvalue weighted by Crippen LogP contribution is -2.22. The van der Waals surface area contributed by atoms with Crippen molar-refractivity contribution in [3.05, 3.63) is 121 Å². The Labute approximate surface area is 316 Å². The molecule has 1 N–H and O–H groups in total. The van der Waals surface area contributed by atoms with Crippen LogP contribution in [-0.2, 0) is 26.2 Å². The molecule has 1 fully saturated rings. The molecule has 52 heavy (non-hydrogen) atoms. The lowest BCUT2D eigenvalue weighted by molar-refractivity contribution is 0.262. The van der Waals surface area contributed by atoms with Crippen LogP contribution in [0.25, 0.3) is 11.1 Å². The monoisotopic (exact) mass is 735 g/mol. The van der Waals surface area contributed by atoms with E-state index in [1.54, 1.807) is 23.6 Å².